The van der Waals surface area contributed by atoms with E-state index in [1.165, 1.54) is 5.56 Å². The van der Waals surface area contributed by atoms with Gasteiger partial charge in [0.05, 0.1) is 0 Å². The lowest BCUT2D eigenvalue weighted by atomic mass is 9.81. The largest absolute Gasteiger partial charge is 0.392 e. The van der Waals surface area contributed by atoms with Crippen LogP contribution in [0.5, 0.6) is 0 Å². The predicted molar refractivity (Wildman–Crippen MR) is 120 cm³/mol. The van der Waals surface area contributed by atoms with E-state index < -0.39 is 17.2 Å². The van der Waals surface area contributed by atoms with E-state index in [-0.39, 0.29) is 35.3 Å². The van der Waals surface area contributed by atoms with Gasteiger partial charge in [-0.2, -0.15) is 0 Å². The number of amides is 2. The molecular weight excluding hydrogens is 410 g/mol. The van der Waals surface area contributed by atoms with Crippen LogP contribution in [0.15, 0.2) is 39.9 Å². The summed E-state index contributed by atoms with van der Waals surface area (Å²) < 4.78 is 0. The van der Waals surface area contributed by atoms with E-state index in [1.54, 1.807) is 0 Å². The van der Waals surface area contributed by atoms with Crippen molar-refractivity contribution in [1.29, 1.82) is 0 Å². The van der Waals surface area contributed by atoms with E-state index in [2.05, 4.69) is 39.9 Å². The molecule has 2 aliphatic rings. The summed E-state index contributed by atoms with van der Waals surface area (Å²) in [7, 11) is 0. The second-order valence-corrected chi connectivity index (χ2v) is 8.85. The van der Waals surface area contributed by atoms with Gasteiger partial charge in [0.2, 0.25) is 5.91 Å². The molecule has 1 unspecified atom stereocenters. The highest BCUT2D eigenvalue weighted by molar-refractivity contribution is 5.97. The smallest absolute Gasteiger partial charge is 0.326 e. The van der Waals surface area contributed by atoms with Gasteiger partial charge >= 0.3 is 5.69 Å². The average molecular weight is 440 g/mol. The molecular formula is C23H29N5O4. The molecule has 170 valence electrons. The standard InChI is InChI=1S/C23H29N5O4/c24-18-19(27-23(32)28-21(18)30)22(31)26-17-11-8-15(12-17)20(29)25-16-9-6-14(7-10-16)13-4-2-1-3-5-13/h1-5,14-17H,6-12,24H2,(H,25,29)(H,26,31)(H2,27,28,30,32)/t14?,15-,16?,17?/m1/s1. The molecule has 0 bridgehead atoms. The van der Waals surface area contributed by atoms with Crippen LogP contribution in [0.3, 0.4) is 0 Å². The average Bonchev–Trinajstić information content (AvgIpc) is 3.26. The summed E-state index contributed by atoms with van der Waals surface area (Å²) in [6, 6.07) is 10.5. The quantitative estimate of drug-likeness (QED) is 0.477. The van der Waals surface area contributed by atoms with Crippen LogP contribution in [0.25, 0.3) is 0 Å². The number of carbonyl (C=O) groups is 2. The Morgan fingerprint density at radius 3 is 2.28 bits per heavy atom. The Bertz CT molecular complexity index is 1090. The Morgan fingerprint density at radius 1 is 0.875 bits per heavy atom. The lowest BCUT2D eigenvalue weighted by Crippen LogP contribution is -2.41. The highest BCUT2D eigenvalue weighted by atomic mass is 16.2. The lowest BCUT2D eigenvalue weighted by molar-refractivity contribution is -0.125. The van der Waals surface area contributed by atoms with Gasteiger partial charge in [0.15, 0.2) is 0 Å². The molecule has 9 heteroatoms. The van der Waals surface area contributed by atoms with Crippen molar-refractivity contribution in [1.82, 2.24) is 20.6 Å². The van der Waals surface area contributed by atoms with Gasteiger partial charge in [0.25, 0.3) is 11.5 Å². The van der Waals surface area contributed by atoms with Crippen molar-refractivity contribution in [3.63, 3.8) is 0 Å². The third kappa shape index (κ3) is 4.92. The molecule has 32 heavy (non-hydrogen) atoms. The van der Waals surface area contributed by atoms with Crippen molar-refractivity contribution >= 4 is 17.5 Å². The van der Waals surface area contributed by atoms with Gasteiger partial charge in [-0.15, -0.1) is 0 Å². The number of aromatic nitrogens is 2. The Kier molecular flexibility index (Phi) is 6.43. The highest BCUT2D eigenvalue weighted by Crippen LogP contribution is 2.33. The van der Waals surface area contributed by atoms with Crippen LogP contribution in [0, 0.1) is 5.92 Å². The molecule has 9 nitrogen and oxygen atoms in total. The number of H-pyrrole nitrogens is 2. The van der Waals surface area contributed by atoms with Crippen LogP contribution in [0.4, 0.5) is 5.69 Å². The van der Waals surface area contributed by atoms with Gasteiger partial charge in [0.1, 0.15) is 11.4 Å². The SMILES string of the molecule is Nc1c(C(=O)NC2CC[C@@H](C(=O)NC3CCC(c4ccccc4)CC3)C2)[nH]c(=O)[nH]c1=O. The normalized spacial score (nSPS) is 25.2. The Morgan fingerprint density at radius 2 is 1.56 bits per heavy atom. The fraction of sp³-hybridized carbons (Fsp3) is 0.478. The maximum atomic E-state index is 12.8. The van der Waals surface area contributed by atoms with Gasteiger partial charge in [-0.1, -0.05) is 30.3 Å². The summed E-state index contributed by atoms with van der Waals surface area (Å²) in [5, 5.41) is 5.98. The first-order valence-electron chi connectivity index (χ1n) is 11.2. The molecule has 2 aliphatic carbocycles. The molecule has 1 aromatic carbocycles. The second kappa shape index (κ2) is 9.42. The minimum atomic E-state index is -0.801. The number of hydrogen-bond donors (Lipinski definition) is 5. The van der Waals surface area contributed by atoms with Crippen LogP contribution in [-0.2, 0) is 4.79 Å². The maximum Gasteiger partial charge on any atom is 0.326 e. The Labute approximate surface area is 185 Å². The van der Waals surface area contributed by atoms with Crippen molar-refractivity contribution < 1.29 is 9.59 Å². The summed E-state index contributed by atoms with van der Waals surface area (Å²) >= 11 is 0. The number of carbonyl (C=O) groups excluding carboxylic acids is 2. The molecule has 1 heterocycles. The summed E-state index contributed by atoms with van der Waals surface area (Å²) in [4.78, 5) is 52.5. The molecule has 4 rings (SSSR count). The summed E-state index contributed by atoms with van der Waals surface area (Å²) in [6.07, 6.45) is 5.91. The first-order chi connectivity index (χ1) is 15.4. The van der Waals surface area contributed by atoms with Gasteiger partial charge in [-0.3, -0.25) is 19.4 Å². The third-order valence-electron chi connectivity index (χ3n) is 6.69. The predicted octanol–water partition coefficient (Wildman–Crippen LogP) is 1.39. The van der Waals surface area contributed by atoms with E-state index >= 15 is 0 Å². The molecule has 6 N–H and O–H groups in total. The number of rotatable bonds is 5. The highest BCUT2D eigenvalue weighted by Gasteiger charge is 2.33. The topological polar surface area (TPSA) is 150 Å². The molecule has 2 aromatic rings. The molecule has 0 aliphatic heterocycles. The van der Waals surface area contributed by atoms with Crippen molar-refractivity contribution in [3.8, 4) is 0 Å². The minimum Gasteiger partial charge on any atom is -0.392 e. The number of hydrogen-bond acceptors (Lipinski definition) is 5. The van der Waals surface area contributed by atoms with Crippen LogP contribution >= 0.6 is 0 Å². The van der Waals surface area contributed by atoms with Gasteiger partial charge in [-0.25, -0.2) is 4.79 Å². The Balaban J connectivity index is 1.26. The number of aromatic amines is 2. The number of nitrogens with one attached hydrogen (secondary N) is 4. The summed E-state index contributed by atoms with van der Waals surface area (Å²) in [6.45, 7) is 0. The zero-order valence-corrected chi connectivity index (χ0v) is 17.9. The number of nitrogen functional groups attached to an aromatic ring is 1. The van der Waals surface area contributed by atoms with Crippen LogP contribution in [-0.4, -0.2) is 33.9 Å². The van der Waals surface area contributed by atoms with Crippen LogP contribution in [0.1, 0.15) is 66.9 Å². The first-order valence-corrected chi connectivity index (χ1v) is 11.2. The fourth-order valence-electron chi connectivity index (χ4n) is 4.90. The van der Waals surface area contributed by atoms with E-state index in [0.29, 0.717) is 25.2 Å². The maximum absolute atomic E-state index is 12.8. The summed E-state index contributed by atoms with van der Waals surface area (Å²) in [5.74, 6) is -0.188. The van der Waals surface area contributed by atoms with Crippen molar-refractivity contribution in [2.75, 3.05) is 5.73 Å². The fourth-order valence-corrected chi connectivity index (χ4v) is 4.90. The molecule has 2 fully saturated rings. The van der Waals surface area contributed by atoms with Crippen LogP contribution in [0.2, 0.25) is 0 Å². The van der Waals surface area contributed by atoms with Crippen molar-refractivity contribution in [3.05, 3.63) is 62.4 Å². The lowest BCUT2D eigenvalue weighted by Gasteiger charge is -2.30. The molecule has 0 saturated heterocycles. The molecule has 2 saturated carbocycles. The van der Waals surface area contributed by atoms with Crippen molar-refractivity contribution in [2.24, 2.45) is 5.92 Å². The van der Waals surface area contributed by atoms with E-state index in [4.69, 9.17) is 5.73 Å². The zero-order valence-electron chi connectivity index (χ0n) is 17.9. The van der Waals surface area contributed by atoms with E-state index in [9.17, 15) is 19.2 Å². The van der Waals surface area contributed by atoms with Gasteiger partial charge in [0, 0.05) is 18.0 Å². The van der Waals surface area contributed by atoms with Gasteiger partial charge < -0.3 is 21.4 Å². The van der Waals surface area contributed by atoms with E-state index in [1.807, 2.05) is 11.1 Å². The number of benzene rings is 1. The summed E-state index contributed by atoms with van der Waals surface area (Å²) in [5.41, 5.74) is 4.81. The van der Waals surface area contributed by atoms with Crippen molar-refractivity contribution in [2.45, 2.75) is 62.9 Å². The van der Waals surface area contributed by atoms with Gasteiger partial charge in [-0.05, 0) is 56.4 Å². The third-order valence-corrected chi connectivity index (χ3v) is 6.69. The first kappa shape index (κ1) is 21.9. The molecule has 1 aromatic heterocycles. The van der Waals surface area contributed by atoms with Crippen LogP contribution < -0.4 is 27.6 Å². The molecule has 0 spiro atoms. The minimum absolute atomic E-state index is 0.0361. The molecule has 0 radical (unpaired) electrons. The zero-order chi connectivity index (χ0) is 22.7. The molecule has 2 atom stereocenters. The monoisotopic (exact) mass is 439 g/mol. The number of nitrogens with two attached hydrogens (primary N) is 1. The van der Waals surface area contributed by atoms with E-state index in [0.717, 1.165) is 25.7 Å². The Hall–Kier alpha value is -3.36. The molecule has 2 amide bonds. The number of anilines is 1. The second-order valence-electron chi connectivity index (χ2n) is 8.85.